The first-order valence-electron chi connectivity index (χ1n) is 11.8. The summed E-state index contributed by atoms with van der Waals surface area (Å²) in [7, 11) is 0. The molecule has 1 fully saturated rings. The Hall–Kier alpha value is -2.13. The van der Waals surface area contributed by atoms with Crippen LogP contribution in [0.5, 0.6) is 0 Å². The minimum Gasteiger partial charge on any atom is -0.460 e. The molecule has 1 aliphatic rings. The van der Waals surface area contributed by atoms with Gasteiger partial charge in [0.05, 0.1) is 24.7 Å². The number of amides is 1. The van der Waals surface area contributed by atoms with Gasteiger partial charge in [0.1, 0.15) is 5.69 Å². The molecule has 9 heteroatoms. The molecule has 1 aliphatic heterocycles. The van der Waals surface area contributed by atoms with Crippen LogP contribution in [0.15, 0.2) is 21.2 Å². The minimum absolute atomic E-state index is 0.0275. The van der Waals surface area contributed by atoms with Gasteiger partial charge in [0, 0.05) is 23.3 Å². The maximum atomic E-state index is 13.0. The molecule has 0 saturated carbocycles. The summed E-state index contributed by atoms with van der Waals surface area (Å²) in [6.45, 7) is 14.4. The number of furan rings is 1. The predicted octanol–water partition coefficient (Wildman–Crippen LogP) is 6.74. The van der Waals surface area contributed by atoms with Gasteiger partial charge in [0.25, 0.3) is 0 Å². The van der Waals surface area contributed by atoms with Gasteiger partial charge < -0.3 is 18.6 Å². The van der Waals surface area contributed by atoms with Crippen LogP contribution in [0.1, 0.15) is 78.3 Å². The molecule has 1 saturated heterocycles. The largest absolute Gasteiger partial charge is 0.460 e. The van der Waals surface area contributed by atoms with Crippen molar-refractivity contribution in [3.05, 3.63) is 22.5 Å². The van der Waals surface area contributed by atoms with E-state index in [9.17, 15) is 9.59 Å². The summed E-state index contributed by atoms with van der Waals surface area (Å²) in [4.78, 5) is 31.4. The first-order chi connectivity index (χ1) is 16.0. The normalized spacial score (nSPS) is 17.2. The first kappa shape index (κ1) is 28.9. The third-order valence-electron chi connectivity index (χ3n) is 4.81. The lowest BCUT2D eigenvalue weighted by Gasteiger charge is -2.36. The first-order valence-corrected chi connectivity index (χ1v) is 12.6. The van der Waals surface area contributed by atoms with Crippen LogP contribution in [0.2, 0.25) is 0 Å². The third kappa shape index (κ3) is 7.17. The van der Waals surface area contributed by atoms with Crippen LogP contribution in [-0.4, -0.2) is 49.0 Å². The average Bonchev–Trinajstić information content (AvgIpc) is 3.21. The molecular weight excluding hydrogens is 492 g/mol. The molecule has 2 atom stereocenters. The second-order valence-electron chi connectivity index (χ2n) is 6.65. The Kier molecular flexibility index (Phi) is 13.1. The fourth-order valence-electron chi connectivity index (χ4n) is 3.51. The van der Waals surface area contributed by atoms with E-state index >= 15 is 0 Å². The van der Waals surface area contributed by atoms with Crippen molar-refractivity contribution in [2.75, 3.05) is 24.7 Å². The highest BCUT2D eigenvalue weighted by Crippen LogP contribution is 2.38. The summed E-state index contributed by atoms with van der Waals surface area (Å²) in [5.74, 6) is -0.704. The Labute approximate surface area is 205 Å². The quantitative estimate of drug-likeness (QED) is 0.383. The van der Waals surface area contributed by atoms with Gasteiger partial charge in [0.2, 0.25) is 11.5 Å². The lowest BCUT2D eigenvalue weighted by Crippen LogP contribution is -2.46. The van der Waals surface area contributed by atoms with Crippen LogP contribution in [0, 0.1) is 0 Å². The van der Waals surface area contributed by atoms with Crippen LogP contribution in [0.4, 0.5) is 10.5 Å². The molecule has 2 aromatic rings. The zero-order valence-corrected chi connectivity index (χ0v) is 22.4. The number of carbonyl (C=O) groups excluding carboxylic acids is 2. The lowest BCUT2D eigenvalue weighted by molar-refractivity contribution is 0.00465. The van der Waals surface area contributed by atoms with Crippen molar-refractivity contribution in [1.29, 1.82) is 0 Å². The second-order valence-corrected chi connectivity index (χ2v) is 7.57. The molecule has 0 aliphatic carbocycles. The van der Waals surface area contributed by atoms with E-state index in [1.54, 1.807) is 26.1 Å². The molecule has 0 aromatic carbocycles. The molecule has 1 amide bonds. The topological polar surface area (TPSA) is 91.1 Å². The Morgan fingerprint density at radius 1 is 1.15 bits per heavy atom. The molecule has 0 N–H and O–H groups in total. The summed E-state index contributed by atoms with van der Waals surface area (Å²) >= 11 is 3.40. The van der Waals surface area contributed by atoms with Gasteiger partial charge >= 0.3 is 12.1 Å². The molecule has 8 nitrogen and oxygen atoms in total. The van der Waals surface area contributed by atoms with Crippen molar-refractivity contribution in [1.82, 2.24) is 4.98 Å². The number of pyridine rings is 1. The van der Waals surface area contributed by atoms with Gasteiger partial charge in [-0.25, -0.2) is 14.6 Å². The number of fused-ring (bicyclic) bond motifs is 1. The monoisotopic (exact) mass is 528 g/mol. The van der Waals surface area contributed by atoms with Crippen LogP contribution in [0.3, 0.4) is 0 Å². The molecule has 0 bridgehead atoms. The zero-order valence-electron chi connectivity index (χ0n) is 20.8. The summed E-state index contributed by atoms with van der Waals surface area (Å²) < 4.78 is 22.7. The van der Waals surface area contributed by atoms with Crippen LogP contribution >= 0.6 is 15.9 Å². The number of esters is 1. The fourth-order valence-corrected chi connectivity index (χ4v) is 3.85. The van der Waals surface area contributed by atoms with E-state index in [0.717, 1.165) is 6.42 Å². The molecule has 3 rings (SSSR count). The Morgan fingerprint density at radius 2 is 1.82 bits per heavy atom. The maximum Gasteiger partial charge on any atom is 0.414 e. The zero-order chi connectivity index (χ0) is 25.0. The third-order valence-corrected chi connectivity index (χ3v) is 5.25. The summed E-state index contributed by atoms with van der Waals surface area (Å²) in [6, 6.07) is 1.56. The van der Waals surface area contributed by atoms with Crippen molar-refractivity contribution in [2.24, 2.45) is 0 Å². The van der Waals surface area contributed by atoms with Gasteiger partial charge in [-0.2, -0.15) is 0 Å². The number of hydrogen-bond donors (Lipinski definition) is 0. The van der Waals surface area contributed by atoms with Gasteiger partial charge in [0.15, 0.2) is 0 Å². The molecule has 3 heterocycles. The highest BCUT2D eigenvalue weighted by atomic mass is 79.9. The van der Waals surface area contributed by atoms with E-state index < -0.39 is 12.1 Å². The Bertz CT molecular complexity index is 885. The summed E-state index contributed by atoms with van der Waals surface area (Å²) in [5, 5.41) is 0.537. The van der Waals surface area contributed by atoms with E-state index in [1.807, 2.05) is 34.6 Å². The molecule has 186 valence electrons. The number of nitrogens with zero attached hydrogens (tertiary/aromatic N) is 2. The van der Waals surface area contributed by atoms with Gasteiger partial charge in [-0.05, 0) is 55.1 Å². The maximum absolute atomic E-state index is 13.0. The summed E-state index contributed by atoms with van der Waals surface area (Å²) in [5.41, 5.74) is 0.576. The average molecular weight is 529 g/mol. The number of aromatic nitrogens is 1. The molecule has 0 spiro atoms. The number of ether oxygens (including phenoxy) is 3. The van der Waals surface area contributed by atoms with Crippen molar-refractivity contribution < 1.29 is 28.2 Å². The SMILES string of the molecule is CC.CC.CCOC(=O)c1oc2ncc(Br)cc2c1N(C(=O)OCC)C1CCOC(CC)C1. The molecule has 33 heavy (non-hydrogen) atoms. The highest BCUT2D eigenvalue weighted by molar-refractivity contribution is 9.10. The van der Waals surface area contributed by atoms with E-state index in [-0.39, 0.29) is 36.8 Å². The van der Waals surface area contributed by atoms with E-state index in [0.29, 0.717) is 35.0 Å². The second kappa shape index (κ2) is 14.9. The van der Waals surface area contributed by atoms with Crippen molar-refractivity contribution in [2.45, 2.75) is 79.9 Å². The number of anilines is 1. The highest BCUT2D eigenvalue weighted by Gasteiger charge is 2.37. The van der Waals surface area contributed by atoms with Gasteiger partial charge in [-0.15, -0.1) is 0 Å². The van der Waals surface area contributed by atoms with Crippen LogP contribution in [-0.2, 0) is 14.2 Å². The van der Waals surface area contributed by atoms with Crippen molar-refractivity contribution in [3.63, 3.8) is 0 Å². The standard InChI is InChI=1S/C20H25BrN2O6.2C2H6/c1-4-14-10-13(7-8-28-14)23(20(25)27-6-3)16-15-9-12(21)11-22-18(15)29-17(16)19(24)26-5-2;2*1-2/h9,11,13-14H,4-8,10H2,1-3H3;2*1-2H3. The van der Waals surface area contributed by atoms with Gasteiger partial charge in [-0.1, -0.05) is 34.6 Å². The van der Waals surface area contributed by atoms with Crippen LogP contribution < -0.4 is 4.90 Å². The molecular formula is C24H37BrN2O6. The van der Waals surface area contributed by atoms with Crippen molar-refractivity contribution in [3.8, 4) is 0 Å². The smallest absolute Gasteiger partial charge is 0.414 e. The number of carbonyl (C=O) groups is 2. The molecule has 2 aromatic heterocycles. The number of halogens is 1. The predicted molar refractivity (Wildman–Crippen MR) is 133 cm³/mol. The lowest BCUT2D eigenvalue weighted by atomic mass is 9.99. The summed E-state index contributed by atoms with van der Waals surface area (Å²) in [6.07, 6.45) is 3.14. The molecule has 2 unspecified atom stereocenters. The number of rotatable bonds is 6. The van der Waals surface area contributed by atoms with E-state index in [1.165, 1.54) is 4.90 Å². The van der Waals surface area contributed by atoms with Crippen LogP contribution in [0.25, 0.3) is 11.1 Å². The Balaban J connectivity index is 0.00000129. The minimum atomic E-state index is -0.648. The van der Waals surface area contributed by atoms with Crippen molar-refractivity contribution >= 4 is 44.8 Å². The van der Waals surface area contributed by atoms with E-state index in [2.05, 4.69) is 20.9 Å². The number of hydrogen-bond acceptors (Lipinski definition) is 7. The fraction of sp³-hybridized carbons (Fsp3) is 0.625. The Morgan fingerprint density at radius 3 is 2.42 bits per heavy atom. The molecule has 0 radical (unpaired) electrons. The van der Waals surface area contributed by atoms with E-state index in [4.69, 9.17) is 18.6 Å². The van der Waals surface area contributed by atoms with Gasteiger partial charge in [-0.3, -0.25) is 4.90 Å².